The van der Waals surface area contributed by atoms with E-state index in [-0.39, 0.29) is 6.61 Å². The van der Waals surface area contributed by atoms with Crippen LogP contribution in [0.25, 0.3) is 0 Å². The maximum absolute atomic E-state index is 9.07. The Kier molecular flexibility index (Phi) is 8.41. The fourth-order valence-corrected chi connectivity index (χ4v) is 2.56. The molecule has 2 aromatic rings. The zero-order valence-electron chi connectivity index (χ0n) is 13.7. The van der Waals surface area contributed by atoms with Crippen LogP contribution in [0.4, 0.5) is 0 Å². The van der Waals surface area contributed by atoms with Crippen molar-refractivity contribution in [3.8, 4) is 0 Å². The van der Waals surface area contributed by atoms with Gasteiger partial charge in [0.05, 0.1) is 6.61 Å². The van der Waals surface area contributed by atoms with E-state index in [1.807, 2.05) is 24.3 Å². The Bertz CT molecular complexity index is 516. The van der Waals surface area contributed by atoms with Crippen LogP contribution in [0.3, 0.4) is 0 Å². The molecule has 3 nitrogen and oxygen atoms in total. The van der Waals surface area contributed by atoms with Crippen LogP contribution in [0.15, 0.2) is 60.7 Å². The molecule has 2 aromatic carbocycles. The van der Waals surface area contributed by atoms with Crippen molar-refractivity contribution in [2.75, 3.05) is 26.3 Å². The molecule has 0 aliphatic carbocycles. The molecule has 0 aliphatic heterocycles. The number of aliphatic hydroxyl groups is 1. The van der Waals surface area contributed by atoms with Crippen LogP contribution in [-0.2, 0) is 17.9 Å². The smallest absolute Gasteiger partial charge is 0.0716 e. The molecule has 0 saturated heterocycles. The summed E-state index contributed by atoms with van der Waals surface area (Å²) in [6.07, 6.45) is 1.82. The Morgan fingerprint density at radius 2 is 1.39 bits per heavy atom. The molecule has 0 amide bonds. The van der Waals surface area contributed by atoms with Crippen molar-refractivity contribution in [2.45, 2.75) is 26.0 Å². The summed E-state index contributed by atoms with van der Waals surface area (Å²) in [5, 5.41) is 9.07. The van der Waals surface area contributed by atoms with E-state index in [9.17, 15) is 0 Å². The molecule has 0 bridgehead atoms. The van der Waals surface area contributed by atoms with E-state index < -0.39 is 0 Å². The maximum atomic E-state index is 9.07. The van der Waals surface area contributed by atoms with Gasteiger partial charge in [0.25, 0.3) is 0 Å². The molecule has 23 heavy (non-hydrogen) atoms. The quantitative estimate of drug-likeness (QED) is 0.645. The van der Waals surface area contributed by atoms with Gasteiger partial charge in [-0.25, -0.2) is 0 Å². The van der Waals surface area contributed by atoms with Gasteiger partial charge in [0.2, 0.25) is 0 Å². The molecule has 124 valence electrons. The maximum Gasteiger partial charge on any atom is 0.0716 e. The minimum Gasteiger partial charge on any atom is -0.396 e. The standard InChI is InChI=1S/C20H27NO2/c22-15-7-13-21(17-19-9-3-1-4-10-19)14-8-16-23-18-20-11-5-2-6-12-20/h1-6,9-12,22H,7-8,13-18H2. The van der Waals surface area contributed by atoms with E-state index >= 15 is 0 Å². The van der Waals surface area contributed by atoms with Crippen LogP contribution in [0.1, 0.15) is 24.0 Å². The van der Waals surface area contributed by atoms with E-state index in [1.54, 1.807) is 0 Å². The van der Waals surface area contributed by atoms with Crippen molar-refractivity contribution in [3.63, 3.8) is 0 Å². The van der Waals surface area contributed by atoms with Gasteiger partial charge in [-0.3, -0.25) is 4.90 Å². The molecule has 0 spiro atoms. The monoisotopic (exact) mass is 313 g/mol. The van der Waals surface area contributed by atoms with Gasteiger partial charge in [0, 0.05) is 32.8 Å². The van der Waals surface area contributed by atoms with Crippen LogP contribution in [-0.4, -0.2) is 36.3 Å². The Balaban J connectivity index is 1.68. The first-order valence-electron chi connectivity index (χ1n) is 8.37. The number of rotatable bonds is 11. The second-order valence-electron chi connectivity index (χ2n) is 5.73. The highest BCUT2D eigenvalue weighted by molar-refractivity contribution is 5.14. The van der Waals surface area contributed by atoms with Gasteiger partial charge in [-0.2, -0.15) is 0 Å². The number of hydrogen-bond donors (Lipinski definition) is 1. The van der Waals surface area contributed by atoms with E-state index in [1.165, 1.54) is 11.1 Å². The predicted octanol–water partition coefficient (Wildman–Crippen LogP) is 3.48. The summed E-state index contributed by atoms with van der Waals surface area (Å²) < 4.78 is 5.75. The van der Waals surface area contributed by atoms with Gasteiger partial charge in [-0.05, 0) is 24.0 Å². The highest BCUT2D eigenvalue weighted by Crippen LogP contribution is 2.07. The largest absolute Gasteiger partial charge is 0.396 e. The average Bonchev–Trinajstić information content (AvgIpc) is 2.61. The minimum atomic E-state index is 0.246. The van der Waals surface area contributed by atoms with Crippen molar-refractivity contribution >= 4 is 0 Å². The van der Waals surface area contributed by atoms with E-state index in [4.69, 9.17) is 9.84 Å². The van der Waals surface area contributed by atoms with E-state index in [2.05, 4.69) is 41.3 Å². The Morgan fingerprint density at radius 3 is 2.04 bits per heavy atom. The van der Waals surface area contributed by atoms with Crippen molar-refractivity contribution < 1.29 is 9.84 Å². The summed E-state index contributed by atoms with van der Waals surface area (Å²) in [6.45, 7) is 4.53. The first-order chi connectivity index (χ1) is 11.4. The van der Waals surface area contributed by atoms with Gasteiger partial charge in [-0.1, -0.05) is 60.7 Å². The molecule has 1 N–H and O–H groups in total. The fourth-order valence-electron chi connectivity index (χ4n) is 2.56. The molecule has 0 saturated carbocycles. The van der Waals surface area contributed by atoms with Gasteiger partial charge in [0.1, 0.15) is 0 Å². The topological polar surface area (TPSA) is 32.7 Å². The SMILES string of the molecule is OCCCN(CCCOCc1ccccc1)Cc1ccccc1. The fraction of sp³-hybridized carbons (Fsp3) is 0.400. The number of aliphatic hydroxyl groups excluding tert-OH is 1. The normalized spacial score (nSPS) is 11.0. The second-order valence-corrected chi connectivity index (χ2v) is 5.73. The number of nitrogens with zero attached hydrogens (tertiary/aromatic N) is 1. The summed E-state index contributed by atoms with van der Waals surface area (Å²) >= 11 is 0. The molecule has 0 aromatic heterocycles. The van der Waals surface area contributed by atoms with Gasteiger partial charge < -0.3 is 9.84 Å². The summed E-state index contributed by atoms with van der Waals surface area (Å²) in [5.74, 6) is 0. The number of benzene rings is 2. The zero-order chi connectivity index (χ0) is 16.2. The van der Waals surface area contributed by atoms with E-state index in [0.717, 1.165) is 39.1 Å². The molecule has 0 atom stereocenters. The average molecular weight is 313 g/mol. The van der Waals surface area contributed by atoms with Gasteiger partial charge in [-0.15, -0.1) is 0 Å². The molecule has 0 heterocycles. The summed E-state index contributed by atoms with van der Waals surface area (Å²) in [5.41, 5.74) is 2.53. The van der Waals surface area contributed by atoms with Crippen molar-refractivity contribution in [1.29, 1.82) is 0 Å². The lowest BCUT2D eigenvalue weighted by molar-refractivity contribution is 0.106. The number of hydrogen-bond acceptors (Lipinski definition) is 3. The van der Waals surface area contributed by atoms with Crippen LogP contribution >= 0.6 is 0 Å². The van der Waals surface area contributed by atoms with E-state index in [0.29, 0.717) is 6.61 Å². The zero-order valence-corrected chi connectivity index (χ0v) is 13.7. The van der Waals surface area contributed by atoms with Crippen molar-refractivity contribution in [1.82, 2.24) is 4.90 Å². The molecular formula is C20H27NO2. The molecule has 0 unspecified atom stereocenters. The van der Waals surface area contributed by atoms with Crippen LogP contribution in [0.2, 0.25) is 0 Å². The second kappa shape index (κ2) is 10.9. The molecule has 0 aliphatic rings. The summed E-state index contributed by atoms with van der Waals surface area (Å²) in [4.78, 5) is 2.39. The Labute approximate surface area is 139 Å². The Hall–Kier alpha value is -1.68. The molecular weight excluding hydrogens is 286 g/mol. The third-order valence-corrected chi connectivity index (χ3v) is 3.76. The summed E-state index contributed by atoms with van der Waals surface area (Å²) in [6, 6.07) is 20.8. The lowest BCUT2D eigenvalue weighted by atomic mass is 10.2. The van der Waals surface area contributed by atoms with Crippen LogP contribution in [0, 0.1) is 0 Å². The third kappa shape index (κ3) is 7.42. The van der Waals surface area contributed by atoms with Crippen LogP contribution < -0.4 is 0 Å². The minimum absolute atomic E-state index is 0.246. The molecule has 2 rings (SSSR count). The van der Waals surface area contributed by atoms with Crippen molar-refractivity contribution in [2.24, 2.45) is 0 Å². The lowest BCUT2D eigenvalue weighted by Crippen LogP contribution is -2.27. The highest BCUT2D eigenvalue weighted by Gasteiger charge is 2.05. The first-order valence-corrected chi connectivity index (χ1v) is 8.37. The highest BCUT2D eigenvalue weighted by atomic mass is 16.5. The predicted molar refractivity (Wildman–Crippen MR) is 94.1 cm³/mol. The molecule has 0 fully saturated rings. The Morgan fingerprint density at radius 1 is 0.783 bits per heavy atom. The first kappa shape index (κ1) is 17.7. The van der Waals surface area contributed by atoms with Crippen LogP contribution in [0.5, 0.6) is 0 Å². The van der Waals surface area contributed by atoms with Gasteiger partial charge in [0.15, 0.2) is 0 Å². The van der Waals surface area contributed by atoms with Gasteiger partial charge >= 0.3 is 0 Å². The third-order valence-electron chi connectivity index (χ3n) is 3.76. The number of ether oxygens (including phenoxy) is 1. The lowest BCUT2D eigenvalue weighted by Gasteiger charge is -2.22. The molecule has 0 radical (unpaired) electrons. The van der Waals surface area contributed by atoms with Crippen molar-refractivity contribution in [3.05, 3.63) is 71.8 Å². The summed E-state index contributed by atoms with van der Waals surface area (Å²) in [7, 11) is 0. The molecule has 3 heteroatoms.